The van der Waals surface area contributed by atoms with E-state index in [4.69, 9.17) is 0 Å². The molecule has 0 amide bonds. The molecule has 148 valence electrons. The van der Waals surface area contributed by atoms with Crippen molar-refractivity contribution in [1.29, 1.82) is 5.26 Å². The van der Waals surface area contributed by atoms with E-state index >= 15 is 0 Å². The monoisotopic (exact) mass is 351 g/mol. The third-order valence-electron chi connectivity index (χ3n) is 5.37. The fourth-order valence-corrected chi connectivity index (χ4v) is 3.68. The zero-order valence-corrected chi connectivity index (χ0v) is 18.1. The van der Waals surface area contributed by atoms with Gasteiger partial charge in [0.2, 0.25) is 0 Å². The van der Waals surface area contributed by atoms with E-state index in [0.717, 1.165) is 24.9 Å². The molecule has 0 aromatic rings. The molecule has 0 spiro atoms. The second-order valence-corrected chi connectivity index (χ2v) is 8.14. The summed E-state index contributed by atoms with van der Waals surface area (Å²) < 4.78 is 0. The molecule has 25 heavy (non-hydrogen) atoms. The van der Waals surface area contributed by atoms with E-state index in [1.54, 1.807) is 0 Å². The lowest BCUT2D eigenvalue weighted by molar-refractivity contribution is 0.159. The van der Waals surface area contributed by atoms with Crippen LogP contribution in [-0.2, 0) is 0 Å². The molecular formula is C22H45N3. The van der Waals surface area contributed by atoms with Gasteiger partial charge in [-0.1, -0.05) is 66.2 Å². The van der Waals surface area contributed by atoms with Gasteiger partial charge in [0.25, 0.3) is 0 Å². The van der Waals surface area contributed by atoms with Crippen molar-refractivity contribution in [1.82, 2.24) is 9.80 Å². The lowest BCUT2D eigenvalue weighted by atomic mass is 9.95. The molecule has 3 nitrogen and oxygen atoms in total. The molecule has 3 atom stereocenters. The van der Waals surface area contributed by atoms with Crippen LogP contribution in [0.15, 0.2) is 0 Å². The van der Waals surface area contributed by atoms with Crippen LogP contribution in [0.5, 0.6) is 0 Å². The first kappa shape index (κ1) is 24.4. The van der Waals surface area contributed by atoms with Crippen LogP contribution < -0.4 is 0 Å². The number of unbranched alkanes of at least 4 members (excludes halogenated alkanes) is 2. The highest BCUT2D eigenvalue weighted by Gasteiger charge is 2.20. The average molecular weight is 352 g/mol. The van der Waals surface area contributed by atoms with Crippen molar-refractivity contribution in [3.05, 3.63) is 0 Å². The molecule has 0 aliphatic carbocycles. The Morgan fingerprint density at radius 2 is 1.24 bits per heavy atom. The normalized spacial score (nSPS) is 15.3. The number of rotatable bonds is 16. The lowest BCUT2D eigenvalue weighted by Gasteiger charge is -2.32. The van der Waals surface area contributed by atoms with Crippen molar-refractivity contribution in [2.45, 2.75) is 79.1 Å². The number of hydrogen-bond donors (Lipinski definition) is 0. The number of hydrogen-bond acceptors (Lipinski definition) is 3. The third kappa shape index (κ3) is 12.4. The predicted octanol–water partition coefficient (Wildman–Crippen LogP) is 5.42. The summed E-state index contributed by atoms with van der Waals surface area (Å²) in [5.74, 6) is 1.67. The van der Waals surface area contributed by atoms with Crippen molar-refractivity contribution < 1.29 is 0 Å². The number of nitriles is 1. The van der Waals surface area contributed by atoms with Gasteiger partial charge in [0.05, 0.1) is 12.0 Å². The molecule has 0 bridgehead atoms. The van der Waals surface area contributed by atoms with Gasteiger partial charge in [-0.25, -0.2) is 0 Å². The van der Waals surface area contributed by atoms with Gasteiger partial charge in [0, 0.05) is 26.2 Å². The first-order chi connectivity index (χ1) is 12.0. The van der Waals surface area contributed by atoms with Gasteiger partial charge in [0.1, 0.15) is 0 Å². The molecule has 0 rings (SSSR count). The molecule has 0 aliphatic rings. The van der Waals surface area contributed by atoms with E-state index in [0.29, 0.717) is 0 Å². The topological polar surface area (TPSA) is 30.3 Å². The Balaban J connectivity index is 4.90. The second-order valence-electron chi connectivity index (χ2n) is 8.14. The van der Waals surface area contributed by atoms with Crippen LogP contribution in [0, 0.1) is 29.1 Å². The van der Waals surface area contributed by atoms with Gasteiger partial charge < -0.3 is 9.80 Å². The van der Waals surface area contributed by atoms with Crippen molar-refractivity contribution in [2.24, 2.45) is 17.8 Å². The Morgan fingerprint density at radius 3 is 1.56 bits per heavy atom. The Hall–Kier alpha value is -0.590. The van der Waals surface area contributed by atoms with E-state index in [1.165, 1.54) is 64.5 Å². The maximum Gasteiger partial charge on any atom is 0.0717 e. The van der Waals surface area contributed by atoms with Crippen LogP contribution in [0.25, 0.3) is 0 Å². The molecular weight excluding hydrogens is 306 g/mol. The highest BCUT2D eigenvalue weighted by Crippen LogP contribution is 2.20. The van der Waals surface area contributed by atoms with E-state index in [9.17, 15) is 5.26 Å². The maximum absolute atomic E-state index is 9.59. The Labute approximate surface area is 158 Å². The van der Waals surface area contributed by atoms with Gasteiger partial charge in [-0.15, -0.1) is 0 Å². The summed E-state index contributed by atoms with van der Waals surface area (Å²) in [4.78, 5) is 4.78. The Bertz CT molecular complexity index is 317. The van der Waals surface area contributed by atoms with Gasteiger partial charge in [-0.05, 0) is 38.8 Å². The Kier molecular flexibility index (Phi) is 15.3. The summed E-state index contributed by atoms with van der Waals surface area (Å²) in [5, 5.41) is 9.59. The first-order valence-corrected chi connectivity index (χ1v) is 10.8. The van der Waals surface area contributed by atoms with Crippen LogP contribution in [0.4, 0.5) is 0 Å². The van der Waals surface area contributed by atoms with Crippen molar-refractivity contribution in [2.75, 3.05) is 40.3 Å². The molecule has 0 aromatic carbocycles. The fourth-order valence-electron chi connectivity index (χ4n) is 3.68. The summed E-state index contributed by atoms with van der Waals surface area (Å²) in [5.41, 5.74) is 0. The van der Waals surface area contributed by atoms with Crippen molar-refractivity contribution in [3.8, 4) is 6.07 Å². The highest BCUT2D eigenvalue weighted by atomic mass is 15.1. The van der Waals surface area contributed by atoms with Gasteiger partial charge >= 0.3 is 0 Å². The largest absolute Gasteiger partial charge is 0.308 e. The number of nitrogens with zero attached hydrogens (tertiary/aromatic N) is 3. The Morgan fingerprint density at radius 1 is 0.760 bits per heavy atom. The molecule has 0 saturated carbocycles. The van der Waals surface area contributed by atoms with Gasteiger partial charge in [0.15, 0.2) is 0 Å². The molecule has 0 N–H and O–H groups in total. The van der Waals surface area contributed by atoms with Crippen molar-refractivity contribution >= 4 is 0 Å². The second kappa shape index (κ2) is 15.6. The van der Waals surface area contributed by atoms with Crippen molar-refractivity contribution in [3.63, 3.8) is 0 Å². The minimum absolute atomic E-state index is 0.113. The summed E-state index contributed by atoms with van der Waals surface area (Å²) in [6.45, 7) is 13.4. The lowest BCUT2D eigenvalue weighted by Crippen LogP contribution is -2.39. The van der Waals surface area contributed by atoms with E-state index < -0.39 is 0 Å². The zero-order valence-electron chi connectivity index (χ0n) is 18.1. The molecule has 0 aromatic heterocycles. The smallest absolute Gasteiger partial charge is 0.0717 e. The van der Waals surface area contributed by atoms with Crippen LogP contribution in [-0.4, -0.2) is 50.1 Å². The molecule has 3 unspecified atom stereocenters. The zero-order chi connectivity index (χ0) is 19.1. The first-order valence-electron chi connectivity index (χ1n) is 10.8. The molecule has 0 fully saturated rings. The van der Waals surface area contributed by atoms with E-state index in [2.05, 4.69) is 57.7 Å². The van der Waals surface area contributed by atoms with Crippen LogP contribution in [0.1, 0.15) is 79.1 Å². The molecule has 0 aliphatic heterocycles. The minimum Gasteiger partial charge on any atom is -0.308 e. The standard InChI is InChI=1S/C22H45N3/c1-7-11-13-20(9-3)17-25(18-21(10-4)14-12-8-2)19-22(15-23)16-24(5)6/h20-22H,7-14,16-19H2,1-6H3. The predicted molar refractivity (Wildman–Crippen MR) is 111 cm³/mol. The molecule has 0 radical (unpaired) electrons. The molecule has 0 heterocycles. The maximum atomic E-state index is 9.59. The highest BCUT2D eigenvalue weighted by molar-refractivity contribution is 4.87. The van der Waals surface area contributed by atoms with E-state index in [1.807, 2.05) is 0 Å². The van der Waals surface area contributed by atoms with E-state index in [-0.39, 0.29) is 5.92 Å². The summed E-state index contributed by atoms with van der Waals surface area (Å²) in [6, 6.07) is 2.55. The minimum atomic E-state index is 0.113. The van der Waals surface area contributed by atoms with Gasteiger partial charge in [-0.2, -0.15) is 5.26 Å². The molecule has 0 saturated heterocycles. The fraction of sp³-hybridized carbons (Fsp3) is 0.955. The van der Waals surface area contributed by atoms with Crippen LogP contribution in [0.3, 0.4) is 0 Å². The average Bonchev–Trinajstić information content (AvgIpc) is 2.60. The summed E-state index contributed by atoms with van der Waals surface area (Å²) in [6.07, 6.45) is 10.4. The summed E-state index contributed by atoms with van der Waals surface area (Å²) in [7, 11) is 4.14. The van der Waals surface area contributed by atoms with Gasteiger partial charge in [-0.3, -0.25) is 0 Å². The quantitative estimate of drug-likeness (QED) is 0.372. The van der Waals surface area contributed by atoms with Crippen LogP contribution in [0.2, 0.25) is 0 Å². The molecule has 3 heteroatoms. The SMILES string of the molecule is CCCCC(CC)CN(CC(C#N)CN(C)C)CC(CC)CCCC. The van der Waals surface area contributed by atoms with Crippen LogP contribution >= 0.6 is 0 Å². The third-order valence-corrected chi connectivity index (χ3v) is 5.37. The summed E-state index contributed by atoms with van der Waals surface area (Å²) >= 11 is 0.